The van der Waals surface area contributed by atoms with Gasteiger partial charge in [-0.05, 0) is 92.7 Å². The van der Waals surface area contributed by atoms with Crippen LogP contribution in [0.4, 0.5) is 18.9 Å². The van der Waals surface area contributed by atoms with Crippen molar-refractivity contribution < 1.29 is 37.7 Å². The van der Waals surface area contributed by atoms with Gasteiger partial charge in [-0.25, -0.2) is 0 Å². The number of hydrogen-bond donors (Lipinski definition) is 2. The number of halogens is 3. The first-order chi connectivity index (χ1) is 22.5. The molecule has 0 aromatic heterocycles. The zero-order valence-corrected chi connectivity index (χ0v) is 27.0. The van der Waals surface area contributed by atoms with Gasteiger partial charge in [0, 0.05) is 56.9 Å². The number of hydrogen-bond acceptors (Lipinski definition) is 6. The van der Waals surface area contributed by atoms with Crippen molar-refractivity contribution in [2.45, 2.75) is 81.5 Å². The molecule has 8 nitrogen and oxygen atoms in total. The first-order valence-electron chi connectivity index (χ1n) is 17.1. The molecular weight excluding hydrogens is 611 g/mol. The summed E-state index contributed by atoms with van der Waals surface area (Å²) in [6, 6.07) is 12.3. The first kappa shape index (κ1) is 33.6. The minimum Gasteiger partial charge on any atom is -0.497 e. The van der Waals surface area contributed by atoms with Gasteiger partial charge in [-0.1, -0.05) is 18.2 Å². The Morgan fingerprint density at radius 3 is 2.11 bits per heavy atom. The summed E-state index contributed by atoms with van der Waals surface area (Å²) in [7, 11) is 1.63. The Balaban J connectivity index is 1.17. The van der Waals surface area contributed by atoms with E-state index < -0.39 is 23.6 Å². The van der Waals surface area contributed by atoms with E-state index in [0.717, 1.165) is 55.2 Å². The molecule has 1 saturated carbocycles. The van der Waals surface area contributed by atoms with Crippen LogP contribution in [0.5, 0.6) is 5.75 Å². The summed E-state index contributed by atoms with van der Waals surface area (Å²) in [4.78, 5) is 32.0. The number of aliphatic hydroxyl groups excluding tert-OH is 1. The van der Waals surface area contributed by atoms with Crippen molar-refractivity contribution in [3.8, 4) is 5.75 Å². The molecule has 0 bridgehead atoms. The molecule has 0 radical (unpaired) electrons. The van der Waals surface area contributed by atoms with Crippen LogP contribution < -0.4 is 9.64 Å². The Bertz CT molecular complexity index is 1400. The number of nitrogens with zero attached hydrogens (tertiary/aromatic N) is 3. The number of carbonyl (C=O) groups excluding carboxylic acids is 1. The highest BCUT2D eigenvalue weighted by Crippen LogP contribution is 2.42. The molecule has 3 saturated heterocycles. The van der Waals surface area contributed by atoms with E-state index in [-0.39, 0.29) is 29.8 Å². The zero-order valence-electron chi connectivity index (χ0n) is 27.0. The van der Waals surface area contributed by atoms with E-state index in [1.54, 1.807) is 13.2 Å². The van der Waals surface area contributed by atoms with Crippen molar-refractivity contribution in [3.63, 3.8) is 0 Å². The van der Waals surface area contributed by atoms with Gasteiger partial charge < -0.3 is 24.7 Å². The quantitative estimate of drug-likeness (QED) is 0.393. The van der Waals surface area contributed by atoms with Gasteiger partial charge in [-0.3, -0.25) is 14.5 Å². The smallest absolute Gasteiger partial charge is 0.416 e. The van der Waals surface area contributed by atoms with Crippen LogP contribution in [0, 0.1) is 11.8 Å². The van der Waals surface area contributed by atoms with Crippen LogP contribution in [-0.4, -0.2) is 90.4 Å². The molecule has 3 aliphatic heterocycles. The Hall–Kier alpha value is -3.31. The van der Waals surface area contributed by atoms with Crippen molar-refractivity contribution in [2.75, 3.05) is 51.3 Å². The number of amides is 1. The molecule has 0 unspecified atom stereocenters. The van der Waals surface area contributed by atoms with Gasteiger partial charge in [0.05, 0.1) is 30.6 Å². The van der Waals surface area contributed by atoms with Gasteiger partial charge >= 0.3 is 12.1 Å². The molecule has 6 rings (SSSR count). The molecule has 2 atom stereocenters. The Morgan fingerprint density at radius 2 is 1.51 bits per heavy atom. The molecule has 4 fully saturated rings. The molecule has 2 aromatic rings. The molecular formula is C36H46F3N3O5. The summed E-state index contributed by atoms with van der Waals surface area (Å²) in [6.07, 6.45) is 0.786. The summed E-state index contributed by atoms with van der Waals surface area (Å²) >= 11 is 0. The van der Waals surface area contributed by atoms with Crippen LogP contribution in [0.25, 0.3) is 0 Å². The van der Waals surface area contributed by atoms with Gasteiger partial charge in [-0.15, -0.1) is 0 Å². The van der Waals surface area contributed by atoms with Gasteiger partial charge in [-0.2, -0.15) is 13.2 Å². The number of alkyl halides is 3. The zero-order chi connectivity index (χ0) is 33.3. The fourth-order valence-corrected chi connectivity index (χ4v) is 8.35. The third-order valence-electron chi connectivity index (χ3n) is 11.2. The maximum absolute atomic E-state index is 14.2. The molecule has 2 aromatic carbocycles. The lowest BCUT2D eigenvalue weighted by molar-refractivity contribution is -0.142. The van der Waals surface area contributed by atoms with E-state index in [0.29, 0.717) is 70.1 Å². The minimum absolute atomic E-state index is 0.000316. The highest BCUT2D eigenvalue weighted by molar-refractivity contribution is 5.81. The van der Waals surface area contributed by atoms with Crippen LogP contribution in [-0.2, 0) is 15.8 Å². The summed E-state index contributed by atoms with van der Waals surface area (Å²) in [5, 5.41) is 19.5. The highest BCUT2D eigenvalue weighted by atomic mass is 19.4. The van der Waals surface area contributed by atoms with Gasteiger partial charge in [0.25, 0.3) is 0 Å². The van der Waals surface area contributed by atoms with Crippen molar-refractivity contribution in [3.05, 3.63) is 59.2 Å². The van der Waals surface area contributed by atoms with E-state index in [1.165, 1.54) is 6.07 Å². The number of benzene rings is 2. The number of aliphatic carboxylic acids is 1. The average molecular weight is 658 g/mol. The molecule has 1 aliphatic carbocycles. The lowest BCUT2D eigenvalue weighted by Crippen LogP contribution is -2.44. The molecule has 2 N–H and O–H groups in total. The minimum atomic E-state index is -4.48. The number of rotatable bonds is 7. The van der Waals surface area contributed by atoms with Crippen molar-refractivity contribution in [1.82, 2.24) is 9.80 Å². The van der Waals surface area contributed by atoms with Crippen LogP contribution in [0.1, 0.15) is 79.9 Å². The SMILES string of the molecule is COc1ccc([C@@H]2CN(C3CCC(O)CC3)C[C@H]2C(=O)N2CCC(c3ccc(C(F)(F)F)cc3N3CCC(C(=O)O)CC3)CC2)cc1. The Morgan fingerprint density at radius 1 is 0.851 bits per heavy atom. The van der Waals surface area contributed by atoms with Crippen molar-refractivity contribution in [1.29, 1.82) is 0 Å². The third-order valence-corrected chi connectivity index (χ3v) is 11.2. The molecule has 11 heteroatoms. The van der Waals surface area contributed by atoms with Crippen LogP contribution >= 0.6 is 0 Å². The second-order valence-electron chi connectivity index (χ2n) is 13.9. The maximum Gasteiger partial charge on any atom is 0.416 e. The van der Waals surface area contributed by atoms with Crippen LogP contribution in [0.2, 0.25) is 0 Å². The van der Waals surface area contributed by atoms with Crippen molar-refractivity contribution in [2.24, 2.45) is 11.8 Å². The highest BCUT2D eigenvalue weighted by Gasteiger charge is 2.44. The lowest BCUT2D eigenvalue weighted by atomic mass is 9.84. The molecule has 1 amide bonds. The predicted molar refractivity (Wildman–Crippen MR) is 172 cm³/mol. The van der Waals surface area contributed by atoms with Crippen LogP contribution in [0.15, 0.2) is 42.5 Å². The number of carbonyl (C=O) groups is 2. The van der Waals surface area contributed by atoms with E-state index in [4.69, 9.17) is 4.74 Å². The van der Waals surface area contributed by atoms with E-state index in [1.807, 2.05) is 21.9 Å². The van der Waals surface area contributed by atoms with Gasteiger partial charge in [0.1, 0.15) is 5.75 Å². The molecule has 47 heavy (non-hydrogen) atoms. The maximum atomic E-state index is 14.2. The third kappa shape index (κ3) is 7.41. The van der Waals surface area contributed by atoms with Gasteiger partial charge in [0.2, 0.25) is 5.91 Å². The molecule has 4 aliphatic rings. The summed E-state index contributed by atoms with van der Waals surface area (Å²) in [5.41, 5.74) is 1.80. The van der Waals surface area contributed by atoms with E-state index in [9.17, 15) is 33.0 Å². The van der Waals surface area contributed by atoms with E-state index in [2.05, 4.69) is 17.0 Å². The number of ether oxygens (including phenoxy) is 1. The molecule has 256 valence electrons. The summed E-state index contributed by atoms with van der Waals surface area (Å²) in [5.74, 6) is -0.609. The summed E-state index contributed by atoms with van der Waals surface area (Å²) < 4.78 is 46.6. The second-order valence-corrected chi connectivity index (χ2v) is 13.9. The molecule has 0 spiro atoms. The van der Waals surface area contributed by atoms with Gasteiger partial charge in [0.15, 0.2) is 0 Å². The standard InChI is InChI=1S/C36H46F3N3O5/c1-47-29-9-2-23(3-10-29)31-21-42(27-5-7-28(43)8-6-27)22-32(31)34(44)41-18-12-24(13-19-41)30-11-4-26(36(37,38)39)20-33(30)40-16-14-25(15-17-40)35(45)46/h2-4,9-11,20,24-25,27-28,31-32,43H,5-8,12-19,21-22H2,1H3,(H,45,46)/t27?,28?,31-,32+/m0/s1. The second kappa shape index (κ2) is 14.0. The average Bonchev–Trinajstić information content (AvgIpc) is 3.53. The number of carboxylic acids is 1. The predicted octanol–water partition coefficient (Wildman–Crippen LogP) is 5.74. The first-order valence-corrected chi connectivity index (χ1v) is 17.1. The van der Waals surface area contributed by atoms with Crippen LogP contribution in [0.3, 0.4) is 0 Å². The number of methoxy groups -OCH3 is 1. The number of likely N-dealkylation sites (tertiary alicyclic amines) is 2. The Kier molecular flexibility index (Phi) is 10.0. The molecule has 3 heterocycles. The largest absolute Gasteiger partial charge is 0.497 e. The topological polar surface area (TPSA) is 93.6 Å². The normalized spacial score (nSPS) is 26.8. The number of anilines is 1. The fraction of sp³-hybridized carbons (Fsp3) is 0.611. The van der Waals surface area contributed by atoms with E-state index >= 15 is 0 Å². The van der Waals surface area contributed by atoms with Crippen molar-refractivity contribution >= 4 is 17.6 Å². The Labute approximate surface area is 274 Å². The number of carboxylic acid groups (broad SMARTS) is 1. The fourth-order valence-electron chi connectivity index (χ4n) is 8.35. The summed E-state index contributed by atoms with van der Waals surface area (Å²) in [6.45, 7) is 3.32. The lowest BCUT2D eigenvalue weighted by Gasteiger charge is -2.38. The number of piperidine rings is 2. The number of aliphatic hydroxyl groups is 1. The monoisotopic (exact) mass is 657 g/mol.